The Hall–Kier alpha value is -2.09. The molecule has 0 bridgehead atoms. The van der Waals surface area contributed by atoms with Gasteiger partial charge in [-0.1, -0.05) is 48.0 Å². The van der Waals surface area contributed by atoms with Crippen LogP contribution in [0.2, 0.25) is 0 Å². The van der Waals surface area contributed by atoms with Gasteiger partial charge in [-0.05, 0) is 37.5 Å². The maximum atomic E-state index is 12.3. The number of aryl methyl sites for hydroxylation is 1. The number of nitrogens with one attached hydrogen (secondary N) is 1. The van der Waals surface area contributed by atoms with Gasteiger partial charge in [-0.15, -0.1) is 0 Å². The highest BCUT2D eigenvalue weighted by molar-refractivity contribution is 5.95. The Morgan fingerprint density at radius 2 is 1.63 bits per heavy atom. The van der Waals surface area contributed by atoms with E-state index >= 15 is 0 Å². The average molecular weight is 251 g/mol. The molecule has 3 rings (SSSR count). The molecule has 19 heavy (non-hydrogen) atoms. The van der Waals surface area contributed by atoms with E-state index in [-0.39, 0.29) is 11.4 Å². The van der Waals surface area contributed by atoms with E-state index in [2.05, 4.69) is 17.4 Å². The number of amides is 1. The van der Waals surface area contributed by atoms with Crippen LogP contribution in [0.3, 0.4) is 0 Å². The number of carbonyl (C=O) groups is 1. The van der Waals surface area contributed by atoms with Crippen LogP contribution in [0.4, 0.5) is 0 Å². The molecule has 2 aromatic rings. The Morgan fingerprint density at radius 1 is 1.00 bits per heavy atom. The SMILES string of the molecule is Cc1ccc(C(=O)NC2(c3ccccc3)CC2)cc1. The fourth-order valence-electron chi connectivity index (χ4n) is 2.36. The molecule has 96 valence electrons. The molecule has 0 spiro atoms. The summed E-state index contributed by atoms with van der Waals surface area (Å²) in [6, 6.07) is 17.9. The number of benzene rings is 2. The summed E-state index contributed by atoms with van der Waals surface area (Å²) in [5, 5.41) is 3.18. The summed E-state index contributed by atoms with van der Waals surface area (Å²) in [6.45, 7) is 2.02. The number of rotatable bonds is 3. The maximum Gasteiger partial charge on any atom is 0.251 e. The lowest BCUT2D eigenvalue weighted by Crippen LogP contribution is -2.34. The smallest absolute Gasteiger partial charge is 0.251 e. The van der Waals surface area contributed by atoms with Crippen molar-refractivity contribution in [3.05, 3.63) is 71.3 Å². The second-order valence-electron chi connectivity index (χ2n) is 5.27. The molecule has 1 saturated carbocycles. The quantitative estimate of drug-likeness (QED) is 0.889. The lowest BCUT2D eigenvalue weighted by atomic mass is 10.0. The van der Waals surface area contributed by atoms with E-state index in [1.165, 1.54) is 11.1 Å². The highest BCUT2D eigenvalue weighted by Crippen LogP contribution is 2.45. The van der Waals surface area contributed by atoms with Gasteiger partial charge in [-0.2, -0.15) is 0 Å². The van der Waals surface area contributed by atoms with Gasteiger partial charge in [-0.3, -0.25) is 4.79 Å². The van der Waals surface area contributed by atoms with Crippen molar-refractivity contribution in [3.8, 4) is 0 Å². The van der Waals surface area contributed by atoms with E-state index in [1.54, 1.807) is 0 Å². The summed E-state index contributed by atoms with van der Waals surface area (Å²) in [5.74, 6) is 0.0151. The molecule has 1 N–H and O–H groups in total. The average Bonchev–Trinajstić information content (AvgIpc) is 3.21. The molecule has 2 heteroatoms. The topological polar surface area (TPSA) is 29.1 Å². The minimum atomic E-state index is -0.136. The zero-order valence-electron chi connectivity index (χ0n) is 11.0. The molecule has 0 unspecified atom stereocenters. The third-order valence-electron chi connectivity index (χ3n) is 3.74. The van der Waals surface area contributed by atoms with E-state index in [9.17, 15) is 4.79 Å². The molecule has 0 aromatic heterocycles. The van der Waals surface area contributed by atoms with Crippen LogP contribution >= 0.6 is 0 Å². The Balaban J connectivity index is 1.78. The Bertz CT molecular complexity index is 582. The van der Waals surface area contributed by atoms with Crippen molar-refractivity contribution in [2.45, 2.75) is 25.3 Å². The summed E-state index contributed by atoms with van der Waals surface area (Å²) < 4.78 is 0. The summed E-state index contributed by atoms with van der Waals surface area (Å²) in [6.07, 6.45) is 2.04. The van der Waals surface area contributed by atoms with Crippen molar-refractivity contribution in [1.29, 1.82) is 0 Å². The van der Waals surface area contributed by atoms with Crippen LogP contribution in [0.15, 0.2) is 54.6 Å². The largest absolute Gasteiger partial charge is 0.343 e. The van der Waals surface area contributed by atoms with Gasteiger partial charge < -0.3 is 5.32 Å². The van der Waals surface area contributed by atoms with Gasteiger partial charge in [0.15, 0.2) is 0 Å². The third-order valence-corrected chi connectivity index (χ3v) is 3.74. The fraction of sp³-hybridized carbons (Fsp3) is 0.235. The molecular formula is C17H17NO. The molecule has 1 amide bonds. The second kappa shape index (κ2) is 4.54. The van der Waals surface area contributed by atoms with Gasteiger partial charge in [0.25, 0.3) is 5.91 Å². The summed E-state index contributed by atoms with van der Waals surface area (Å²) >= 11 is 0. The van der Waals surface area contributed by atoms with Crippen LogP contribution in [-0.4, -0.2) is 5.91 Å². The molecule has 2 nitrogen and oxygen atoms in total. The van der Waals surface area contributed by atoms with Crippen molar-refractivity contribution in [1.82, 2.24) is 5.32 Å². The van der Waals surface area contributed by atoms with E-state index in [1.807, 2.05) is 49.4 Å². The van der Waals surface area contributed by atoms with E-state index in [0.717, 1.165) is 18.4 Å². The lowest BCUT2D eigenvalue weighted by Gasteiger charge is -2.18. The third kappa shape index (κ3) is 2.39. The predicted octanol–water partition coefficient (Wildman–Crippen LogP) is 3.41. The van der Waals surface area contributed by atoms with Crippen LogP contribution in [-0.2, 0) is 5.54 Å². The molecule has 1 aliphatic carbocycles. The Kier molecular flexibility index (Phi) is 2.86. The summed E-state index contributed by atoms with van der Waals surface area (Å²) in [7, 11) is 0. The maximum absolute atomic E-state index is 12.3. The van der Waals surface area contributed by atoms with E-state index in [4.69, 9.17) is 0 Å². The number of hydrogen-bond donors (Lipinski definition) is 1. The van der Waals surface area contributed by atoms with Crippen LogP contribution in [0.1, 0.15) is 34.3 Å². The number of hydrogen-bond acceptors (Lipinski definition) is 1. The highest BCUT2D eigenvalue weighted by Gasteiger charge is 2.45. The standard InChI is InChI=1S/C17H17NO/c1-13-7-9-14(10-8-13)16(19)18-17(11-12-17)15-5-3-2-4-6-15/h2-10H,11-12H2,1H3,(H,18,19). The minimum absolute atomic E-state index is 0.0151. The lowest BCUT2D eigenvalue weighted by molar-refractivity contribution is 0.0931. The zero-order chi connectivity index (χ0) is 13.3. The monoisotopic (exact) mass is 251 g/mol. The summed E-state index contributed by atoms with van der Waals surface area (Å²) in [4.78, 5) is 12.3. The molecule has 1 aliphatic rings. The van der Waals surface area contributed by atoms with Crippen molar-refractivity contribution in [3.63, 3.8) is 0 Å². The number of carbonyl (C=O) groups excluding carboxylic acids is 1. The molecule has 0 saturated heterocycles. The second-order valence-corrected chi connectivity index (χ2v) is 5.27. The first-order valence-corrected chi connectivity index (χ1v) is 6.64. The van der Waals surface area contributed by atoms with Crippen molar-refractivity contribution < 1.29 is 4.79 Å². The van der Waals surface area contributed by atoms with Crippen LogP contribution in [0, 0.1) is 6.92 Å². The molecular weight excluding hydrogens is 234 g/mol. The first-order chi connectivity index (χ1) is 9.20. The Morgan fingerprint density at radius 3 is 2.21 bits per heavy atom. The van der Waals surface area contributed by atoms with Gasteiger partial charge in [0.05, 0.1) is 5.54 Å². The molecule has 0 atom stereocenters. The molecule has 0 heterocycles. The molecule has 1 fully saturated rings. The van der Waals surface area contributed by atoms with E-state index in [0.29, 0.717) is 0 Å². The van der Waals surface area contributed by atoms with Gasteiger partial charge >= 0.3 is 0 Å². The van der Waals surface area contributed by atoms with Gasteiger partial charge in [0.1, 0.15) is 0 Å². The van der Waals surface area contributed by atoms with Crippen molar-refractivity contribution >= 4 is 5.91 Å². The van der Waals surface area contributed by atoms with Gasteiger partial charge in [0, 0.05) is 5.56 Å². The zero-order valence-corrected chi connectivity index (χ0v) is 11.0. The Labute approximate surface area is 113 Å². The molecule has 0 aliphatic heterocycles. The van der Waals surface area contributed by atoms with Crippen LogP contribution in [0.5, 0.6) is 0 Å². The van der Waals surface area contributed by atoms with E-state index < -0.39 is 0 Å². The molecule has 0 radical (unpaired) electrons. The van der Waals surface area contributed by atoms with Gasteiger partial charge in [0.2, 0.25) is 0 Å². The first-order valence-electron chi connectivity index (χ1n) is 6.64. The van der Waals surface area contributed by atoms with Crippen LogP contribution < -0.4 is 5.32 Å². The predicted molar refractivity (Wildman–Crippen MR) is 76.0 cm³/mol. The highest BCUT2D eigenvalue weighted by atomic mass is 16.1. The minimum Gasteiger partial charge on any atom is -0.343 e. The van der Waals surface area contributed by atoms with Crippen molar-refractivity contribution in [2.24, 2.45) is 0 Å². The fourth-order valence-corrected chi connectivity index (χ4v) is 2.36. The molecule has 2 aromatic carbocycles. The first kappa shape index (κ1) is 12.0. The van der Waals surface area contributed by atoms with Crippen molar-refractivity contribution in [2.75, 3.05) is 0 Å². The summed E-state index contributed by atoms with van der Waals surface area (Å²) in [5.41, 5.74) is 2.97. The van der Waals surface area contributed by atoms with Crippen LogP contribution in [0.25, 0.3) is 0 Å². The normalized spacial score (nSPS) is 15.8. The van der Waals surface area contributed by atoms with Gasteiger partial charge in [-0.25, -0.2) is 0 Å².